The van der Waals surface area contributed by atoms with Gasteiger partial charge in [-0.2, -0.15) is 5.10 Å². The van der Waals surface area contributed by atoms with Crippen LogP contribution >= 0.6 is 0 Å². The summed E-state index contributed by atoms with van der Waals surface area (Å²) in [5.41, 5.74) is 2.09. The molecule has 3 aromatic rings. The van der Waals surface area contributed by atoms with Crippen molar-refractivity contribution in [1.29, 1.82) is 0 Å². The minimum atomic E-state index is -0.0558. The molecular formula is C18H19N5O2. The zero-order valence-corrected chi connectivity index (χ0v) is 13.7. The molecule has 4 rings (SSSR count). The molecule has 1 aromatic carbocycles. The zero-order chi connectivity index (χ0) is 17.1. The smallest absolute Gasteiger partial charge is 0.239 e. The number of nitrogens with one attached hydrogen (secondary N) is 2. The van der Waals surface area contributed by atoms with Gasteiger partial charge in [0.25, 0.3) is 0 Å². The Morgan fingerprint density at radius 2 is 2.04 bits per heavy atom. The Bertz CT molecular complexity index is 872. The Morgan fingerprint density at radius 3 is 2.84 bits per heavy atom. The van der Waals surface area contributed by atoms with Crippen molar-refractivity contribution in [2.45, 2.75) is 0 Å². The number of carbonyl (C=O) groups is 1. The van der Waals surface area contributed by atoms with Crippen molar-refractivity contribution in [2.75, 3.05) is 38.2 Å². The lowest BCUT2D eigenvalue weighted by Gasteiger charge is -2.25. The van der Waals surface area contributed by atoms with E-state index in [0.717, 1.165) is 35.0 Å². The summed E-state index contributed by atoms with van der Waals surface area (Å²) in [7, 11) is 0. The third-order valence-electron chi connectivity index (χ3n) is 4.29. The summed E-state index contributed by atoms with van der Waals surface area (Å²) in [5, 5.41) is 11.7. The number of hydrogen-bond donors (Lipinski definition) is 2. The Balaban J connectivity index is 1.50. The number of rotatable bonds is 4. The summed E-state index contributed by atoms with van der Waals surface area (Å²) in [4.78, 5) is 18.6. The SMILES string of the molecule is O=C(CN1CCOCC1)Nc1cc2cc(-c3cn[nH]c3)ccc2cn1. The molecule has 25 heavy (non-hydrogen) atoms. The Hall–Kier alpha value is -2.77. The lowest BCUT2D eigenvalue weighted by molar-refractivity contribution is -0.118. The number of anilines is 1. The van der Waals surface area contributed by atoms with E-state index in [-0.39, 0.29) is 5.91 Å². The fourth-order valence-electron chi connectivity index (χ4n) is 2.94. The average Bonchev–Trinajstić information content (AvgIpc) is 3.16. The predicted molar refractivity (Wildman–Crippen MR) is 95.2 cm³/mol. The molecule has 0 bridgehead atoms. The molecule has 7 heteroatoms. The van der Waals surface area contributed by atoms with Crippen LogP contribution in [0.25, 0.3) is 21.9 Å². The van der Waals surface area contributed by atoms with Gasteiger partial charge in [-0.25, -0.2) is 4.98 Å². The first kappa shape index (κ1) is 15.7. The zero-order valence-electron chi connectivity index (χ0n) is 13.7. The van der Waals surface area contributed by atoms with Crippen molar-refractivity contribution in [1.82, 2.24) is 20.1 Å². The lowest BCUT2D eigenvalue weighted by Crippen LogP contribution is -2.41. The maximum Gasteiger partial charge on any atom is 0.239 e. The van der Waals surface area contributed by atoms with Crippen LogP contribution < -0.4 is 5.32 Å². The van der Waals surface area contributed by atoms with E-state index >= 15 is 0 Å². The number of amides is 1. The van der Waals surface area contributed by atoms with Gasteiger partial charge in [-0.15, -0.1) is 0 Å². The normalized spacial score (nSPS) is 15.4. The second-order valence-electron chi connectivity index (χ2n) is 6.06. The number of H-pyrrole nitrogens is 1. The molecule has 1 amide bonds. The third-order valence-corrected chi connectivity index (χ3v) is 4.29. The van der Waals surface area contributed by atoms with Crippen LogP contribution in [0.1, 0.15) is 0 Å². The Kier molecular flexibility index (Phi) is 4.41. The second kappa shape index (κ2) is 7.00. The minimum Gasteiger partial charge on any atom is -0.379 e. The summed E-state index contributed by atoms with van der Waals surface area (Å²) in [6.07, 6.45) is 5.42. The van der Waals surface area contributed by atoms with Crippen molar-refractivity contribution >= 4 is 22.5 Å². The fraction of sp³-hybridized carbons (Fsp3) is 0.278. The largest absolute Gasteiger partial charge is 0.379 e. The van der Waals surface area contributed by atoms with Crippen molar-refractivity contribution in [3.8, 4) is 11.1 Å². The summed E-state index contributed by atoms with van der Waals surface area (Å²) in [6.45, 7) is 3.29. The van der Waals surface area contributed by atoms with E-state index in [1.54, 1.807) is 12.4 Å². The number of carbonyl (C=O) groups excluding carboxylic acids is 1. The number of aromatic amines is 1. The van der Waals surface area contributed by atoms with E-state index in [2.05, 4.69) is 31.5 Å². The third kappa shape index (κ3) is 3.67. The molecule has 1 fully saturated rings. The molecule has 0 unspecified atom stereocenters. The number of benzene rings is 1. The minimum absolute atomic E-state index is 0.0558. The number of fused-ring (bicyclic) bond motifs is 1. The van der Waals surface area contributed by atoms with Crippen molar-refractivity contribution in [2.24, 2.45) is 0 Å². The van der Waals surface area contributed by atoms with Gasteiger partial charge in [0.2, 0.25) is 5.91 Å². The van der Waals surface area contributed by atoms with E-state index in [4.69, 9.17) is 4.74 Å². The van der Waals surface area contributed by atoms with Crippen LogP contribution in [-0.2, 0) is 9.53 Å². The number of hydrogen-bond acceptors (Lipinski definition) is 5. The first-order valence-corrected chi connectivity index (χ1v) is 8.27. The van der Waals surface area contributed by atoms with Crippen LogP contribution in [0.5, 0.6) is 0 Å². The average molecular weight is 337 g/mol. The Morgan fingerprint density at radius 1 is 1.16 bits per heavy atom. The van der Waals surface area contributed by atoms with Crippen LogP contribution in [0.4, 0.5) is 5.82 Å². The lowest BCUT2D eigenvalue weighted by atomic mass is 10.1. The van der Waals surface area contributed by atoms with E-state index in [1.807, 2.05) is 24.4 Å². The van der Waals surface area contributed by atoms with Crippen LogP contribution in [0, 0.1) is 0 Å². The van der Waals surface area contributed by atoms with Crippen LogP contribution in [0.15, 0.2) is 42.9 Å². The highest BCUT2D eigenvalue weighted by molar-refractivity contribution is 5.94. The molecule has 0 radical (unpaired) electrons. The van der Waals surface area contributed by atoms with Gasteiger partial charge in [0.05, 0.1) is 26.0 Å². The highest BCUT2D eigenvalue weighted by atomic mass is 16.5. The molecule has 1 saturated heterocycles. The molecule has 1 aliphatic rings. The monoisotopic (exact) mass is 337 g/mol. The van der Waals surface area contributed by atoms with Crippen molar-refractivity contribution < 1.29 is 9.53 Å². The molecule has 0 spiro atoms. The highest BCUT2D eigenvalue weighted by Gasteiger charge is 2.14. The standard InChI is InChI=1S/C18H19N5O2/c24-18(12-23-3-5-25-6-4-23)22-17-8-15-7-13(16-10-20-21-11-16)1-2-14(15)9-19-17/h1-2,7-11H,3-6,12H2,(H,20,21)(H,19,22,24). The molecule has 0 aliphatic carbocycles. The Labute approximate surface area is 145 Å². The van der Waals surface area contributed by atoms with Gasteiger partial charge >= 0.3 is 0 Å². The predicted octanol–water partition coefficient (Wildman–Crippen LogP) is 1.90. The summed E-state index contributed by atoms with van der Waals surface area (Å²) in [6, 6.07) is 8.02. The number of aromatic nitrogens is 3. The van der Waals surface area contributed by atoms with E-state index in [1.165, 1.54) is 0 Å². The van der Waals surface area contributed by atoms with Gasteiger partial charge in [-0.05, 0) is 23.1 Å². The maximum atomic E-state index is 12.2. The maximum absolute atomic E-state index is 12.2. The highest BCUT2D eigenvalue weighted by Crippen LogP contribution is 2.24. The molecule has 7 nitrogen and oxygen atoms in total. The van der Waals surface area contributed by atoms with Crippen LogP contribution in [-0.4, -0.2) is 58.8 Å². The number of pyridine rings is 1. The fourth-order valence-corrected chi connectivity index (χ4v) is 2.94. The van der Waals surface area contributed by atoms with Gasteiger partial charge in [0.15, 0.2) is 0 Å². The number of ether oxygens (including phenoxy) is 1. The summed E-state index contributed by atoms with van der Waals surface area (Å²) in [5.74, 6) is 0.509. The molecule has 2 aromatic heterocycles. The first-order chi connectivity index (χ1) is 12.3. The summed E-state index contributed by atoms with van der Waals surface area (Å²) < 4.78 is 5.30. The van der Waals surface area contributed by atoms with Gasteiger partial charge < -0.3 is 10.1 Å². The van der Waals surface area contributed by atoms with Gasteiger partial charge in [0, 0.05) is 36.4 Å². The quantitative estimate of drug-likeness (QED) is 0.760. The van der Waals surface area contributed by atoms with Crippen molar-refractivity contribution in [3.63, 3.8) is 0 Å². The molecule has 128 valence electrons. The van der Waals surface area contributed by atoms with Gasteiger partial charge in [-0.1, -0.05) is 12.1 Å². The molecule has 2 N–H and O–H groups in total. The van der Waals surface area contributed by atoms with Gasteiger partial charge in [0.1, 0.15) is 5.82 Å². The first-order valence-electron chi connectivity index (χ1n) is 8.27. The van der Waals surface area contributed by atoms with Gasteiger partial charge in [-0.3, -0.25) is 14.8 Å². The second-order valence-corrected chi connectivity index (χ2v) is 6.06. The number of nitrogens with zero attached hydrogens (tertiary/aromatic N) is 3. The number of morpholine rings is 1. The molecule has 0 saturated carbocycles. The van der Waals surface area contributed by atoms with Crippen molar-refractivity contribution in [3.05, 3.63) is 42.9 Å². The topological polar surface area (TPSA) is 83.1 Å². The van der Waals surface area contributed by atoms with E-state index in [0.29, 0.717) is 25.6 Å². The molecule has 0 atom stereocenters. The van der Waals surface area contributed by atoms with Crippen LogP contribution in [0.2, 0.25) is 0 Å². The molecule has 3 heterocycles. The van der Waals surface area contributed by atoms with Crippen LogP contribution in [0.3, 0.4) is 0 Å². The molecule has 1 aliphatic heterocycles. The van der Waals surface area contributed by atoms with E-state index < -0.39 is 0 Å². The van der Waals surface area contributed by atoms with E-state index in [9.17, 15) is 4.79 Å². The summed E-state index contributed by atoms with van der Waals surface area (Å²) >= 11 is 0. The molecular weight excluding hydrogens is 318 g/mol.